The van der Waals surface area contributed by atoms with Gasteiger partial charge >= 0.3 is 0 Å². The van der Waals surface area contributed by atoms with E-state index in [9.17, 15) is 5.11 Å². The summed E-state index contributed by atoms with van der Waals surface area (Å²) >= 11 is 5.97. The molecule has 126 valence electrons. The smallest absolute Gasteiger partial charge is 0.128 e. The SMILES string of the molecule is Cc1cc(C)cc(OCC(O)CN(C)Cc2ncc(Cl)n2C)c1. The maximum absolute atomic E-state index is 10.2. The van der Waals surface area contributed by atoms with E-state index in [0.29, 0.717) is 18.2 Å². The third kappa shape index (κ3) is 5.23. The Morgan fingerprint density at radius 2 is 1.96 bits per heavy atom. The number of halogens is 1. The molecule has 1 unspecified atom stereocenters. The van der Waals surface area contributed by atoms with E-state index in [0.717, 1.165) is 22.7 Å². The summed E-state index contributed by atoms with van der Waals surface area (Å²) in [4.78, 5) is 6.25. The average molecular weight is 338 g/mol. The second-order valence-electron chi connectivity index (χ2n) is 6.04. The number of imidazole rings is 1. The quantitative estimate of drug-likeness (QED) is 0.843. The Morgan fingerprint density at radius 1 is 1.30 bits per heavy atom. The summed E-state index contributed by atoms with van der Waals surface area (Å²) in [6.45, 7) is 5.43. The van der Waals surface area contributed by atoms with Crippen LogP contribution in [0.4, 0.5) is 0 Å². The lowest BCUT2D eigenvalue weighted by Crippen LogP contribution is -2.33. The van der Waals surface area contributed by atoms with Gasteiger partial charge < -0.3 is 14.4 Å². The molecule has 0 amide bonds. The van der Waals surface area contributed by atoms with E-state index in [2.05, 4.69) is 11.1 Å². The van der Waals surface area contributed by atoms with Crippen LogP contribution in [0.25, 0.3) is 0 Å². The molecule has 2 rings (SSSR count). The minimum absolute atomic E-state index is 0.258. The molecule has 0 saturated heterocycles. The van der Waals surface area contributed by atoms with Crippen molar-refractivity contribution in [3.05, 3.63) is 46.5 Å². The highest BCUT2D eigenvalue weighted by Gasteiger charge is 2.13. The molecule has 1 atom stereocenters. The number of nitrogens with zero attached hydrogens (tertiary/aromatic N) is 3. The number of aliphatic hydroxyl groups excluding tert-OH is 1. The van der Waals surface area contributed by atoms with E-state index in [-0.39, 0.29) is 6.61 Å². The molecule has 0 aliphatic carbocycles. The summed E-state index contributed by atoms with van der Waals surface area (Å²) in [5, 5.41) is 10.8. The Labute approximate surface area is 142 Å². The predicted molar refractivity (Wildman–Crippen MR) is 92.0 cm³/mol. The molecule has 0 bridgehead atoms. The third-order valence-electron chi connectivity index (χ3n) is 3.60. The van der Waals surface area contributed by atoms with Crippen molar-refractivity contribution < 1.29 is 9.84 Å². The molecule has 2 aromatic rings. The lowest BCUT2D eigenvalue weighted by atomic mass is 10.1. The molecule has 0 aliphatic rings. The second-order valence-corrected chi connectivity index (χ2v) is 6.43. The second kappa shape index (κ2) is 7.81. The van der Waals surface area contributed by atoms with Crippen molar-refractivity contribution in [2.45, 2.75) is 26.5 Å². The van der Waals surface area contributed by atoms with E-state index in [1.807, 2.05) is 49.5 Å². The van der Waals surface area contributed by atoms with Gasteiger partial charge in [-0.2, -0.15) is 0 Å². The molecule has 0 radical (unpaired) electrons. The largest absolute Gasteiger partial charge is 0.491 e. The fraction of sp³-hybridized carbons (Fsp3) is 0.471. The maximum atomic E-state index is 10.2. The zero-order valence-electron chi connectivity index (χ0n) is 14.1. The number of aryl methyl sites for hydroxylation is 2. The first-order chi connectivity index (χ1) is 10.8. The number of aromatic nitrogens is 2. The molecule has 6 heteroatoms. The van der Waals surface area contributed by atoms with E-state index in [1.54, 1.807) is 6.20 Å². The van der Waals surface area contributed by atoms with Crippen molar-refractivity contribution in [1.29, 1.82) is 0 Å². The van der Waals surface area contributed by atoms with Crippen LogP contribution in [0.5, 0.6) is 5.75 Å². The molecule has 0 spiro atoms. The zero-order valence-corrected chi connectivity index (χ0v) is 14.8. The normalized spacial score (nSPS) is 12.7. The van der Waals surface area contributed by atoms with Gasteiger partial charge in [0.05, 0.1) is 12.7 Å². The number of ether oxygens (including phenoxy) is 1. The first-order valence-corrected chi connectivity index (χ1v) is 7.96. The van der Waals surface area contributed by atoms with Crippen LogP contribution < -0.4 is 4.74 Å². The standard InChI is InChI=1S/C17H24ClN3O2/c1-12-5-13(2)7-15(6-12)23-11-14(22)9-20(3)10-17-19-8-16(18)21(17)4/h5-8,14,22H,9-11H2,1-4H3. The highest BCUT2D eigenvalue weighted by molar-refractivity contribution is 6.29. The van der Waals surface area contributed by atoms with Crippen molar-refractivity contribution in [3.63, 3.8) is 0 Å². The Balaban J connectivity index is 1.82. The van der Waals surface area contributed by atoms with E-state index >= 15 is 0 Å². The number of hydrogen-bond acceptors (Lipinski definition) is 4. The van der Waals surface area contributed by atoms with Crippen LogP contribution in [-0.4, -0.2) is 45.9 Å². The van der Waals surface area contributed by atoms with Crippen LogP contribution in [0.2, 0.25) is 5.15 Å². The number of benzene rings is 1. The van der Waals surface area contributed by atoms with Gasteiger partial charge in [0, 0.05) is 13.6 Å². The van der Waals surface area contributed by atoms with Gasteiger partial charge in [0.15, 0.2) is 0 Å². The van der Waals surface area contributed by atoms with Crippen LogP contribution in [0.1, 0.15) is 17.0 Å². The van der Waals surface area contributed by atoms with E-state index in [4.69, 9.17) is 16.3 Å². The summed E-state index contributed by atoms with van der Waals surface area (Å²) in [7, 11) is 3.81. The molecule has 1 aromatic heterocycles. The third-order valence-corrected chi connectivity index (χ3v) is 3.95. The lowest BCUT2D eigenvalue weighted by Gasteiger charge is -2.20. The molecular formula is C17H24ClN3O2. The summed E-state index contributed by atoms with van der Waals surface area (Å²) in [5.41, 5.74) is 2.30. The van der Waals surface area contributed by atoms with Crippen LogP contribution in [0, 0.1) is 13.8 Å². The summed E-state index contributed by atoms with van der Waals surface area (Å²) in [5.74, 6) is 1.65. The topological polar surface area (TPSA) is 50.5 Å². The van der Waals surface area contributed by atoms with Gasteiger partial charge in [-0.3, -0.25) is 4.90 Å². The van der Waals surface area contributed by atoms with E-state index in [1.165, 1.54) is 0 Å². The highest BCUT2D eigenvalue weighted by atomic mass is 35.5. The van der Waals surface area contributed by atoms with Crippen LogP contribution in [-0.2, 0) is 13.6 Å². The van der Waals surface area contributed by atoms with Gasteiger partial charge in [0.1, 0.15) is 29.4 Å². The van der Waals surface area contributed by atoms with Crippen molar-refractivity contribution in [2.24, 2.45) is 7.05 Å². The van der Waals surface area contributed by atoms with Gasteiger partial charge in [0.25, 0.3) is 0 Å². The number of hydrogen-bond donors (Lipinski definition) is 1. The van der Waals surface area contributed by atoms with E-state index < -0.39 is 6.10 Å². The van der Waals surface area contributed by atoms with Crippen LogP contribution in [0.15, 0.2) is 24.4 Å². The first-order valence-electron chi connectivity index (χ1n) is 7.59. The summed E-state index contributed by atoms with van der Waals surface area (Å²) < 4.78 is 7.52. The number of likely N-dealkylation sites (N-methyl/N-ethyl adjacent to an activating group) is 1. The van der Waals surface area contributed by atoms with Gasteiger partial charge in [-0.05, 0) is 44.2 Å². The molecule has 1 N–H and O–H groups in total. The molecule has 1 aromatic carbocycles. The Kier molecular flexibility index (Phi) is 6.04. The number of rotatable bonds is 7. The number of aliphatic hydroxyl groups is 1. The van der Waals surface area contributed by atoms with Crippen molar-refractivity contribution in [1.82, 2.24) is 14.5 Å². The highest BCUT2D eigenvalue weighted by Crippen LogP contribution is 2.16. The van der Waals surface area contributed by atoms with Gasteiger partial charge in [-0.25, -0.2) is 4.98 Å². The van der Waals surface area contributed by atoms with Crippen molar-refractivity contribution in [2.75, 3.05) is 20.2 Å². The first kappa shape index (κ1) is 17.8. The molecule has 0 saturated carbocycles. The Bertz CT molecular complexity index is 637. The van der Waals surface area contributed by atoms with Crippen LogP contribution >= 0.6 is 11.6 Å². The minimum atomic E-state index is -0.573. The van der Waals surface area contributed by atoms with Crippen molar-refractivity contribution >= 4 is 11.6 Å². The zero-order chi connectivity index (χ0) is 17.0. The Hall–Kier alpha value is -1.56. The molecule has 5 nitrogen and oxygen atoms in total. The van der Waals surface area contributed by atoms with Gasteiger partial charge in [-0.15, -0.1) is 0 Å². The predicted octanol–water partition coefficient (Wildman–Crippen LogP) is 2.56. The fourth-order valence-electron chi connectivity index (χ4n) is 2.50. The molecule has 0 fully saturated rings. The van der Waals surface area contributed by atoms with Gasteiger partial charge in [-0.1, -0.05) is 17.7 Å². The minimum Gasteiger partial charge on any atom is -0.491 e. The monoisotopic (exact) mass is 337 g/mol. The summed E-state index contributed by atoms with van der Waals surface area (Å²) in [6, 6.07) is 6.04. The fourth-order valence-corrected chi connectivity index (χ4v) is 2.64. The Morgan fingerprint density at radius 3 is 2.52 bits per heavy atom. The molecule has 23 heavy (non-hydrogen) atoms. The van der Waals surface area contributed by atoms with Crippen LogP contribution in [0.3, 0.4) is 0 Å². The maximum Gasteiger partial charge on any atom is 0.128 e. The summed E-state index contributed by atoms with van der Waals surface area (Å²) in [6.07, 6.45) is 1.06. The lowest BCUT2D eigenvalue weighted by molar-refractivity contribution is 0.0734. The molecule has 1 heterocycles. The van der Waals surface area contributed by atoms with Crippen molar-refractivity contribution in [3.8, 4) is 5.75 Å². The molecule has 0 aliphatic heterocycles. The van der Waals surface area contributed by atoms with Gasteiger partial charge in [0.2, 0.25) is 0 Å². The molecular weight excluding hydrogens is 314 g/mol. The average Bonchev–Trinajstić information content (AvgIpc) is 2.76.